The van der Waals surface area contributed by atoms with E-state index in [1.54, 1.807) is 6.07 Å². The van der Waals surface area contributed by atoms with Gasteiger partial charge in [-0.25, -0.2) is 0 Å². The topological polar surface area (TPSA) is 34.5 Å². The number of rotatable bonds is 4. The summed E-state index contributed by atoms with van der Waals surface area (Å²) in [5, 5.41) is 0. The van der Waals surface area contributed by atoms with Crippen LogP contribution in [-0.2, 0) is 0 Å². The third kappa shape index (κ3) is 3.13. The van der Waals surface area contributed by atoms with Crippen molar-refractivity contribution in [1.82, 2.24) is 4.98 Å². The first kappa shape index (κ1) is 13.4. The van der Waals surface area contributed by atoms with E-state index in [4.69, 9.17) is 0 Å². The van der Waals surface area contributed by atoms with E-state index < -0.39 is 6.61 Å². The molecule has 1 aliphatic rings. The first-order valence-electron chi connectivity index (χ1n) is 6.44. The van der Waals surface area contributed by atoms with Crippen molar-refractivity contribution in [1.29, 1.82) is 0 Å². The van der Waals surface area contributed by atoms with Crippen molar-refractivity contribution in [2.45, 2.75) is 6.61 Å². The molecule has 0 saturated carbocycles. The molecule has 1 aromatic heterocycles. The van der Waals surface area contributed by atoms with Gasteiger partial charge in [0, 0.05) is 5.57 Å². The minimum atomic E-state index is -2.84. The molecule has 0 aliphatic carbocycles. The van der Waals surface area contributed by atoms with Crippen molar-refractivity contribution in [3.05, 3.63) is 66.0 Å². The summed E-state index contributed by atoms with van der Waals surface area (Å²) in [5.41, 5.74) is 3.62. The number of pyridine rings is 1. The molecule has 0 bridgehead atoms. The van der Waals surface area contributed by atoms with Crippen LogP contribution in [0.2, 0.25) is 0 Å². The number of benzene rings is 1. The van der Waals surface area contributed by atoms with E-state index in [1.807, 2.05) is 36.4 Å². The molecule has 21 heavy (non-hydrogen) atoms. The van der Waals surface area contributed by atoms with Crippen molar-refractivity contribution in [2.75, 3.05) is 6.54 Å². The van der Waals surface area contributed by atoms with E-state index in [9.17, 15) is 8.78 Å². The number of alkyl halides is 2. The predicted molar refractivity (Wildman–Crippen MR) is 76.7 cm³/mol. The average molecular weight is 286 g/mol. The van der Waals surface area contributed by atoms with Gasteiger partial charge in [0.05, 0.1) is 24.1 Å². The summed E-state index contributed by atoms with van der Waals surface area (Å²) in [4.78, 5) is 8.61. The van der Waals surface area contributed by atoms with Gasteiger partial charge in [-0.05, 0) is 23.8 Å². The average Bonchev–Trinajstić information content (AvgIpc) is 2.98. The number of aromatic nitrogens is 1. The molecule has 0 amide bonds. The van der Waals surface area contributed by atoms with E-state index in [2.05, 4.69) is 14.7 Å². The second-order valence-electron chi connectivity index (χ2n) is 4.49. The number of ether oxygens (including phenoxy) is 1. The highest BCUT2D eigenvalue weighted by Crippen LogP contribution is 2.22. The lowest BCUT2D eigenvalue weighted by Gasteiger charge is -2.05. The molecule has 2 heterocycles. The number of aliphatic imine (C=N–C) groups is 1. The molecule has 106 valence electrons. The van der Waals surface area contributed by atoms with Crippen LogP contribution >= 0.6 is 0 Å². The molecule has 1 aromatic carbocycles. The largest absolute Gasteiger partial charge is 0.433 e. The maximum absolute atomic E-state index is 12.1. The minimum absolute atomic E-state index is 0.0524. The highest BCUT2D eigenvalue weighted by molar-refractivity contribution is 6.14. The Labute approximate surface area is 120 Å². The predicted octanol–water partition coefficient (Wildman–Crippen LogP) is 3.57. The second kappa shape index (κ2) is 5.83. The van der Waals surface area contributed by atoms with Crippen LogP contribution in [0.3, 0.4) is 0 Å². The Balaban J connectivity index is 1.77. The highest BCUT2D eigenvalue weighted by atomic mass is 19.3. The first-order valence-corrected chi connectivity index (χ1v) is 6.44. The molecule has 0 radical (unpaired) electrons. The van der Waals surface area contributed by atoms with Crippen LogP contribution < -0.4 is 4.74 Å². The summed E-state index contributed by atoms with van der Waals surface area (Å²) in [6.07, 6.45) is 3.26. The molecular formula is C16H12F2N2O. The van der Waals surface area contributed by atoms with Crippen LogP contribution in [0.25, 0.3) is 5.57 Å². The number of allylic oxidation sites excluding steroid dienone is 1. The van der Waals surface area contributed by atoms with Gasteiger partial charge in [0.1, 0.15) is 5.75 Å². The maximum Gasteiger partial charge on any atom is 0.387 e. The van der Waals surface area contributed by atoms with Crippen LogP contribution in [0.15, 0.2) is 59.7 Å². The minimum Gasteiger partial charge on any atom is -0.433 e. The molecule has 3 rings (SSSR count). The molecule has 5 heteroatoms. The zero-order valence-corrected chi connectivity index (χ0v) is 11.0. The molecule has 0 atom stereocenters. The van der Waals surface area contributed by atoms with Crippen molar-refractivity contribution in [2.24, 2.45) is 4.99 Å². The van der Waals surface area contributed by atoms with Gasteiger partial charge < -0.3 is 4.74 Å². The van der Waals surface area contributed by atoms with Gasteiger partial charge in [0.2, 0.25) is 0 Å². The molecule has 1 aliphatic heterocycles. The van der Waals surface area contributed by atoms with E-state index in [0.29, 0.717) is 12.2 Å². The Bertz CT molecular complexity index is 679. The van der Waals surface area contributed by atoms with Crippen molar-refractivity contribution < 1.29 is 13.5 Å². The zero-order valence-electron chi connectivity index (χ0n) is 11.0. The molecule has 0 spiro atoms. The van der Waals surface area contributed by atoms with Gasteiger partial charge >= 0.3 is 6.61 Å². The number of hydrogen-bond donors (Lipinski definition) is 0. The molecule has 3 nitrogen and oxygen atoms in total. The quantitative estimate of drug-likeness (QED) is 0.861. The van der Waals surface area contributed by atoms with Gasteiger partial charge in [-0.15, -0.1) is 0 Å². The van der Waals surface area contributed by atoms with Crippen molar-refractivity contribution in [3.8, 4) is 5.75 Å². The van der Waals surface area contributed by atoms with Gasteiger partial charge in [-0.2, -0.15) is 8.78 Å². The summed E-state index contributed by atoms with van der Waals surface area (Å²) in [6, 6.07) is 13.0. The van der Waals surface area contributed by atoms with Crippen LogP contribution in [-0.4, -0.2) is 23.9 Å². The Morgan fingerprint density at radius 1 is 1.05 bits per heavy atom. The summed E-state index contributed by atoms with van der Waals surface area (Å²) in [7, 11) is 0. The fourth-order valence-corrected chi connectivity index (χ4v) is 2.11. The smallest absolute Gasteiger partial charge is 0.387 e. The monoisotopic (exact) mass is 286 g/mol. The normalized spacial score (nSPS) is 14.0. The Hall–Kier alpha value is -2.56. The summed E-state index contributed by atoms with van der Waals surface area (Å²) < 4.78 is 28.4. The third-order valence-electron chi connectivity index (χ3n) is 3.09. The van der Waals surface area contributed by atoms with E-state index in [-0.39, 0.29) is 5.75 Å². The van der Waals surface area contributed by atoms with Crippen LogP contribution in [0, 0.1) is 0 Å². The molecule has 0 unspecified atom stereocenters. The Kier molecular flexibility index (Phi) is 3.73. The number of nitrogens with zero attached hydrogens (tertiary/aromatic N) is 2. The lowest BCUT2D eigenvalue weighted by atomic mass is 10.1. The summed E-state index contributed by atoms with van der Waals surface area (Å²) in [5.74, 6) is 0.0524. The molecule has 0 saturated heterocycles. The fourth-order valence-electron chi connectivity index (χ4n) is 2.11. The van der Waals surface area contributed by atoms with Crippen LogP contribution in [0.5, 0.6) is 5.75 Å². The van der Waals surface area contributed by atoms with E-state index >= 15 is 0 Å². The van der Waals surface area contributed by atoms with Gasteiger partial charge in [-0.1, -0.05) is 30.3 Å². The van der Waals surface area contributed by atoms with Crippen molar-refractivity contribution in [3.63, 3.8) is 0 Å². The lowest BCUT2D eigenvalue weighted by molar-refractivity contribution is -0.0500. The lowest BCUT2D eigenvalue weighted by Crippen LogP contribution is -2.02. The molecule has 2 aromatic rings. The zero-order chi connectivity index (χ0) is 14.7. The molecular weight excluding hydrogens is 274 g/mol. The Morgan fingerprint density at radius 2 is 1.86 bits per heavy atom. The maximum atomic E-state index is 12.1. The number of halogens is 2. The molecule has 0 fully saturated rings. The standard InChI is InChI=1S/C16H12F2N2O/c17-16(18)21-13-6-7-14(20-10-13)12-8-15(19-9-12)11-4-2-1-3-5-11/h1-8,10,16H,9H2. The first-order chi connectivity index (χ1) is 10.2. The third-order valence-corrected chi connectivity index (χ3v) is 3.09. The summed E-state index contributed by atoms with van der Waals surface area (Å²) >= 11 is 0. The van der Waals surface area contributed by atoms with E-state index in [1.165, 1.54) is 12.3 Å². The van der Waals surface area contributed by atoms with Crippen LogP contribution in [0.1, 0.15) is 11.3 Å². The second-order valence-corrected chi connectivity index (χ2v) is 4.49. The fraction of sp³-hybridized carbons (Fsp3) is 0.125. The van der Waals surface area contributed by atoms with Gasteiger partial charge in [0.25, 0.3) is 0 Å². The molecule has 0 N–H and O–H groups in total. The van der Waals surface area contributed by atoms with Gasteiger partial charge in [0.15, 0.2) is 0 Å². The van der Waals surface area contributed by atoms with Gasteiger partial charge in [-0.3, -0.25) is 9.98 Å². The summed E-state index contributed by atoms with van der Waals surface area (Å²) in [6.45, 7) is -2.30. The Morgan fingerprint density at radius 3 is 2.52 bits per heavy atom. The van der Waals surface area contributed by atoms with E-state index in [0.717, 1.165) is 16.8 Å². The SMILES string of the molecule is FC(F)Oc1ccc(C2=CC(c3ccccc3)=NC2)nc1. The van der Waals surface area contributed by atoms with Crippen molar-refractivity contribution >= 4 is 11.3 Å². The highest BCUT2D eigenvalue weighted by Gasteiger charge is 2.13. The number of hydrogen-bond acceptors (Lipinski definition) is 3. The van der Waals surface area contributed by atoms with Crippen LogP contribution in [0.4, 0.5) is 8.78 Å².